The number of fused-ring (bicyclic) bond motifs is 1. The number of carbonyl (C=O) groups excluding carboxylic acids is 4. The molecule has 3 amide bonds. The highest BCUT2D eigenvalue weighted by Crippen LogP contribution is 2.28. The summed E-state index contributed by atoms with van der Waals surface area (Å²) in [7, 11) is 0. The molecule has 1 unspecified atom stereocenters. The highest BCUT2D eigenvalue weighted by Gasteiger charge is 2.38. The van der Waals surface area contributed by atoms with E-state index in [4.69, 9.17) is 0 Å². The van der Waals surface area contributed by atoms with Crippen molar-refractivity contribution >= 4 is 23.5 Å². The summed E-state index contributed by atoms with van der Waals surface area (Å²) in [4.78, 5) is 49.8. The first-order valence-corrected chi connectivity index (χ1v) is 10.8. The molecule has 6 nitrogen and oxygen atoms in total. The van der Waals surface area contributed by atoms with Gasteiger partial charge >= 0.3 is 0 Å². The number of rotatable bonds is 10. The molecule has 0 saturated carbocycles. The molecule has 156 valence electrons. The number of piperidine rings is 1. The van der Waals surface area contributed by atoms with E-state index in [2.05, 4.69) is 12.2 Å². The number of nitrogens with one attached hydrogen (secondary N) is 1. The fourth-order valence-corrected chi connectivity index (χ4v) is 4.12. The number of nitrogens with zero attached hydrogens (tertiary/aromatic N) is 1. The lowest BCUT2D eigenvalue weighted by molar-refractivity contribution is -0.137. The normalized spacial score (nSPS) is 18.7. The molecule has 2 heterocycles. The Morgan fingerprint density at radius 1 is 1.10 bits per heavy atom. The first-order valence-electron chi connectivity index (χ1n) is 10.8. The van der Waals surface area contributed by atoms with Crippen LogP contribution >= 0.6 is 0 Å². The smallest absolute Gasteiger partial charge is 0.255 e. The zero-order valence-electron chi connectivity index (χ0n) is 17.2. The molecule has 3 rings (SSSR count). The summed E-state index contributed by atoms with van der Waals surface area (Å²) in [6.07, 6.45) is 8.20. The highest BCUT2D eigenvalue weighted by molar-refractivity contribution is 6.05. The molecular formula is C23H30N2O4. The molecule has 1 saturated heterocycles. The van der Waals surface area contributed by atoms with Gasteiger partial charge in [0.25, 0.3) is 5.91 Å². The molecule has 0 aromatic heterocycles. The quantitative estimate of drug-likeness (QED) is 0.484. The predicted octanol–water partition coefficient (Wildman–Crippen LogP) is 3.31. The van der Waals surface area contributed by atoms with E-state index in [9.17, 15) is 19.2 Å². The predicted molar refractivity (Wildman–Crippen MR) is 109 cm³/mol. The number of carbonyl (C=O) groups is 4. The molecule has 6 heteroatoms. The van der Waals surface area contributed by atoms with Gasteiger partial charge in [0, 0.05) is 31.4 Å². The van der Waals surface area contributed by atoms with E-state index in [0.717, 1.165) is 24.0 Å². The number of benzene rings is 1. The monoisotopic (exact) mass is 398 g/mol. The number of aryl methyl sites for hydroxylation is 1. The maximum absolute atomic E-state index is 12.7. The fourth-order valence-electron chi connectivity index (χ4n) is 4.12. The van der Waals surface area contributed by atoms with Gasteiger partial charge in [0.15, 0.2) is 0 Å². The average Bonchev–Trinajstić information content (AvgIpc) is 3.02. The van der Waals surface area contributed by atoms with E-state index in [-0.39, 0.29) is 18.2 Å². The summed E-state index contributed by atoms with van der Waals surface area (Å²) in [5.41, 5.74) is 2.55. The van der Waals surface area contributed by atoms with Gasteiger partial charge in [-0.25, -0.2) is 0 Å². The summed E-state index contributed by atoms with van der Waals surface area (Å²) < 4.78 is 0. The third kappa shape index (κ3) is 5.31. The van der Waals surface area contributed by atoms with Crippen LogP contribution in [0.3, 0.4) is 0 Å². The lowest BCUT2D eigenvalue weighted by atomic mass is 10.00. The van der Waals surface area contributed by atoms with Crippen LogP contribution in [-0.4, -0.2) is 34.4 Å². The number of hydrogen-bond acceptors (Lipinski definition) is 4. The molecule has 1 aromatic carbocycles. The maximum Gasteiger partial charge on any atom is 0.255 e. The molecular weight excluding hydrogens is 368 g/mol. The van der Waals surface area contributed by atoms with Gasteiger partial charge in [-0.3, -0.25) is 24.5 Å². The lowest BCUT2D eigenvalue weighted by Crippen LogP contribution is -2.52. The molecule has 0 aliphatic carbocycles. The minimum Gasteiger partial charge on any atom is -0.322 e. The SMILES string of the molecule is CCCCCCCC(=O)CCc1ccc2c(c1)CN(C1CCC(=O)NC1=O)C2=O. The lowest BCUT2D eigenvalue weighted by Gasteiger charge is -2.29. The van der Waals surface area contributed by atoms with Crippen LogP contribution in [0, 0.1) is 0 Å². The van der Waals surface area contributed by atoms with Crippen LogP contribution in [0.2, 0.25) is 0 Å². The molecule has 1 fully saturated rings. The minimum absolute atomic E-state index is 0.163. The first kappa shape index (κ1) is 21.2. The summed E-state index contributed by atoms with van der Waals surface area (Å²) in [6.45, 7) is 2.55. The molecule has 0 radical (unpaired) electrons. The van der Waals surface area contributed by atoms with Gasteiger partial charge in [-0.1, -0.05) is 44.7 Å². The Morgan fingerprint density at radius 3 is 2.66 bits per heavy atom. The summed E-state index contributed by atoms with van der Waals surface area (Å²) in [5, 5.41) is 2.32. The first-order chi connectivity index (χ1) is 14.0. The van der Waals surface area contributed by atoms with Crippen LogP contribution in [0.1, 0.15) is 86.2 Å². The molecule has 0 spiro atoms. The highest BCUT2D eigenvalue weighted by atomic mass is 16.2. The Labute approximate surface area is 172 Å². The van der Waals surface area contributed by atoms with E-state index < -0.39 is 11.9 Å². The van der Waals surface area contributed by atoms with Gasteiger partial charge in [0.05, 0.1) is 0 Å². The zero-order chi connectivity index (χ0) is 20.8. The zero-order valence-corrected chi connectivity index (χ0v) is 17.2. The molecule has 1 N–H and O–H groups in total. The van der Waals surface area contributed by atoms with Crippen molar-refractivity contribution in [1.29, 1.82) is 0 Å². The van der Waals surface area contributed by atoms with Gasteiger partial charge in [0.2, 0.25) is 11.8 Å². The number of unbranched alkanes of at least 4 members (excludes halogenated alkanes) is 4. The van der Waals surface area contributed by atoms with E-state index in [1.165, 1.54) is 19.3 Å². The van der Waals surface area contributed by atoms with Crippen molar-refractivity contribution < 1.29 is 19.2 Å². The maximum atomic E-state index is 12.7. The van der Waals surface area contributed by atoms with Crippen molar-refractivity contribution in [3.63, 3.8) is 0 Å². The second-order valence-corrected chi connectivity index (χ2v) is 8.09. The summed E-state index contributed by atoms with van der Waals surface area (Å²) >= 11 is 0. The van der Waals surface area contributed by atoms with Crippen molar-refractivity contribution in [2.75, 3.05) is 0 Å². The number of amides is 3. The Morgan fingerprint density at radius 2 is 1.90 bits per heavy atom. The van der Waals surface area contributed by atoms with Crippen LogP contribution in [0.5, 0.6) is 0 Å². The molecule has 1 aromatic rings. The molecule has 0 bridgehead atoms. The second-order valence-electron chi connectivity index (χ2n) is 8.09. The van der Waals surface area contributed by atoms with Gasteiger partial charge in [-0.2, -0.15) is 0 Å². The number of ketones is 1. The molecule has 2 aliphatic rings. The van der Waals surface area contributed by atoms with Gasteiger partial charge in [0.1, 0.15) is 11.8 Å². The van der Waals surface area contributed by atoms with Gasteiger partial charge < -0.3 is 4.90 Å². The number of hydrogen-bond donors (Lipinski definition) is 1. The number of Topliss-reactive ketones (excluding diaryl/α,β-unsaturated/α-hetero) is 1. The third-order valence-electron chi connectivity index (χ3n) is 5.84. The van der Waals surface area contributed by atoms with Crippen molar-refractivity contribution in [3.05, 3.63) is 34.9 Å². The second kappa shape index (κ2) is 9.81. The fraction of sp³-hybridized carbons (Fsp3) is 0.565. The standard InChI is InChI=1S/C23H30N2O4/c1-2-3-4-5-6-7-18(26)10-8-16-9-11-19-17(14-16)15-25(23(19)29)20-12-13-21(27)24-22(20)28/h9,11,14,20H,2-8,10,12-13,15H2,1H3,(H,24,27,28). The number of imide groups is 1. The average molecular weight is 399 g/mol. The summed E-state index contributed by atoms with van der Waals surface area (Å²) in [5.74, 6) is -0.549. The minimum atomic E-state index is -0.592. The van der Waals surface area contributed by atoms with E-state index in [1.54, 1.807) is 11.0 Å². The van der Waals surface area contributed by atoms with E-state index in [0.29, 0.717) is 43.6 Å². The largest absolute Gasteiger partial charge is 0.322 e. The molecule has 29 heavy (non-hydrogen) atoms. The molecule has 2 aliphatic heterocycles. The topological polar surface area (TPSA) is 83.6 Å². The Hall–Kier alpha value is -2.50. The van der Waals surface area contributed by atoms with E-state index >= 15 is 0 Å². The Kier molecular flexibility index (Phi) is 7.18. The Bertz CT molecular complexity index is 802. The van der Waals surface area contributed by atoms with Gasteiger partial charge in [-0.05, 0) is 36.5 Å². The van der Waals surface area contributed by atoms with Crippen LogP contribution < -0.4 is 5.32 Å². The van der Waals surface area contributed by atoms with Crippen LogP contribution in [0.4, 0.5) is 0 Å². The van der Waals surface area contributed by atoms with Crippen molar-refractivity contribution in [2.24, 2.45) is 0 Å². The van der Waals surface area contributed by atoms with Gasteiger partial charge in [-0.15, -0.1) is 0 Å². The third-order valence-corrected chi connectivity index (χ3v) is 5.84. The van der Waals surface area contributed by atoms with Crippen LogP contribution in [0.25, 0.3) is 0 Å². The van der Waals surface area contributed by atoms with Crippen LogP contribution in [0.15, 0.2) is 18.2 Å². The van der Waals surface area contributed by atoms with Crippen molar-refractivity contribution in [2.45, 2.75) is 83.7 Å². The van der Waals surface area contributed by atoms with Crippen molar-refractivity contribution in [3.8, 4) is 0 Å². The molecule has 1 atom stereocenters. The van der Waals surface area contributed by atoms with Crippen molar-refractivity contribution in [1.82, 2.24) is 10.2 Å². The van der Waals surface area contributed by atoms with E-state index in [1.807, 2.05) is 12.1 Å². The van der Waals surface area contributed by atoms with Crippen LogP contribution in [-0.2, 0) is 27.3 Å². The summed E-state index contributed by atoms with van der Waals surface area (Å²) in [6, 6.07) is 5.09. The Balaban J connectivity index is 1.52.